The maximum absolute atomic E-state index is 12.0. The van der Waals surface area contributed by atoms with E-state index in [0.717, 1.165) is 32.4 Å². The number of para-hydroxylation sites is 2. The molecule has 2 aliphatic heterocycles. The summed E-state index contributed by atoms with van der Waals surface area (Å²) in [4.78, 5) is 19.0. The Morgan fingerprint density at radius 2 is 1.78 bits per heavy atom. The molecular formula is C21H24N4OS. The number of likely N-dealkylation sites (tertiary alicyclic amines) is 1. The van der Waals surface area contributed by atoms with Crippen molar-refractivity contribution < 1.29 is 4.79 Å². The summed E-state index contributed by atoms with van der Waals surface area (Å²) in [5.74, 6) is 5.25. The van der Waals surface area contributed by atoms with E-state index in [1.807, 2.05) is 11.8 Å². The van der Waals surface area contributed by atoms with Gasteiger partial charge in [0.15, 0.2) is 0 Å². The van der Waals surface area contributed by atoms with Crippen LogP contribution in [-0.2, 0) is 4.79 Å². The summed E-state index contributed by atoms with van der Waals surface area (Å²) in [6.07, 6.45) is 7.22. The molecule has 140 valence electrons. The number of carbonyl (C=O) groups is 1. The Bertz CT molecular complexity index is 808. The highest BCUT2D eigenvalue weighted by Crippen LogP contribution is 2.47. The molecule has 1 unspecified atom stereocenters. The molecule has 0 saturated carbocycles. The van der Waals surface area contributed by atoms with E-state index in [2.05, 4.69) is 76.0 Å². The van der Waals surface area contributed by atoms with Gasteiger partial charge in [-0.15, -0.1) is 0 Å². The zero-order chi connectivity index (χ0) is 18.6. The second kappa shape index (κ2) is 8.06. The van der Waals surface area contributed by atoms with E-state index < -0.39 is 0 Å². The first-order chi connectivity index (χ1) is 13.3. The third-order valence-corrected chi connectivity index (χ3v) is 6.24. The molecule has 1 saturated heterocycles. The predicted octanol–water partition coefficient (Wildman–Crippen LogP) is 3.65. The fraction of sp³-hybridized carbons (Fsp3) is 0.286. The number of amides is 1. The molecule has 0 aromatic heterocycles. The highest BCUT2D eigenvalue weighted by atomic mass is 32.2. The van der Waals surface area contributed by atoms with Gasteiger partial charge in [-0.2, -0.15) is 0 Å². The summed E-state index contributed by atoms with van der Waals surface area (Å²) < 4.78 is 0. The second-order valence-electron chi connectivity index (χ2n) is 6.79. The quantitative estimate of drug-likeness (QED) is 0.482. The third-order valence-electron chi connectivity index (χ3n) is 5.11. The number of nitrogens with one attached hydrogen (secondary N) is 1. The summed E-state index contributed by atoms with van der Waals surface area (Å²) in [7, 11) is 0. The van der Waals surface area contributed by atoms with Gasteiger partial charge in [0.1, 0.15) is 6.04 Å². The highest BCUT2D eigenvalue weighted by molar-refractivity contribution is 7.99. The Morgan fingerprint density at radius 3 is 2.44 bits per heavy atom. The van der Waals surface area contributed by atoms with Crippen LogP contribution in [0.1, 0.15) is 19.3 Å². The minimum atomic E-state index is -0.170. The van der Waals surface area contributed by atoms with Crippen LogP contribution in [0.25, 0.3) is 0 Å². The lowest BCUT2D eigenvalue weighted by molar-refractivity contribution is -0.126. The lowest BCUT2D eigenvalue weighted by Gasteiger charge is -2.34. The maximum atomic E-state index is 12.0. The number of fused-ring (bicyclic) bond motifs is 2. The minimum absolute atomic E-state index is 0.107. The summed E-state index contributed by atoms with van der Waals surface area (Å²) in [6, 6.07) is 16.8. The van der Waals surface area contributed by atoms with Crippen molar-refractivity contribution in [2.24, 2.45) is 5.84 Å². The van der Waals surface area contributed by atoms with Gasteiger partial charge in [0.25, 0.3) is 5.91 Å². The normalized spacial score (nSPS) is 18.9. The SMILES string of the molecule is NNC(=O)C1CCCCN1C=CCN1c2ccccc2Sc2ccccc21. The molecule has 0 radical (unpaired) electrons. The monoisotopic (exact) mass is 380 g/mol. The van der Waals surface area contributed by atoms with Gasteiger partial charge >= 0.3 is 0 Å². The second-order valence-corrected chi connectivity index (χ2v) is 7.87. The molecule has 0 bridgehead atoms. The van der Waals surface area contributed by atoms with Crippen LogP contribution in [0.3, 0.4) is 0 Å². The molecule has 27 heavy (non-hydrogen) atoms. The van der Waals surface area contributed by atoms with Crippen LogP contribution in [-0.4, -0.2) is 29.9 Å². The first kappa shape index (κ1) is 17.9. The molecule has 2 heterocycles. The average Bonchev–Trinajstić information content (AvgIpc) is 2.73. The van der Waals surface area contributed by atoms with E-state index in [-0.39, 0.29) is 11.9 Å². The number of benzene rings is 2. The molecule has 1 atom stereocenters. The number of carbonyl (C=O) groups excluding carboxylic acids is 1. The number of hydrogen-bond donors (Lipinski definition) is 2. The Hall–Kier alpha value is -2.44. The zero-order valence-electron chi connectivity index (χ0n) is 15.2. The van der Waals surface area contributed by atoms with E-state index in [9.17, 15) is 4.79 Å². The van der Waals surface area contributed by atoms with E-state index in [4.69, 9.17) is 5.84 Å². The van der Waals surface area contributed by atoms with E-state index >= 15 is 0 Å². The van der Waals surface area contributed by atoms with E-state index in [1.54, 1.807) is 0 Å². The molecule has 6 heteroatoms. The summed E-state index contributed by atoms with van der Waals surface area (Å²) in [5, 5.41) is 0. The maximum Gasteiger partial charge on any atom is 0.256 e. The number of nitrogens with two attached hydrogens (primary N) is 1. The summed E-state index contributed by atoms with van der Waals surface area (Å²) in [6.45, 7) is 1.64. The van der Waals surface area contributed by atoms with Gasteiger partial charge in [-0.3, -0.25) is 10.2 Å². The lowest BCUT2D eigenvalue weighted by Crippen LogP contribution is -2.49. The Labute approximate surface area is 164 Å². The molecule has 2 aromatic carbocycles. The molecule has 2 aromatic rings. The van der Waals surface area contributed by atoms with Gasteiger partial charge < -0.3 is 9.80 Å². The molecule has 3 N–H and O–H groups in total. The van der Waals surface area contributed by atoms with Crippen LogP contribution in [0, 0.1) is 0 Å². The minimum Gasteiger partial charge on any atom is -0.366 e. The molecule has 1 amide bonds. The first-order valence-corrected chi connectivity index (χ1v) is 10.2. The summed E-state index contributed by atoms with van der Waals surface area (Å²) in [5.41, 5.74) is 4.75. The van der Waals surface area contributed by atoms with Crippen molar-refractivity contribution in [3.63, 3.8) is 0 Å². The van der Waals surface area contributed by atoms with Crippen molar-refractivity contribution in [1.29, 1.82) is 0 Å². The van der Waals surface area contributed by atoms with Crippen LogP contribution >= 0.6 is 11.8 Å². The molecule has 0 aliphatic carbocycles. The van der Waals surface area contributed by atoms with Crippen molar-refractivity contribution in [3.05, 3.63) is 60.8 Å². The molecule has 2 aliphatic rings. The zero-order valence-corrected chi connectivity index (χ0v) is 16.0. The standard InChI is InChI=1S/C21H24N4OS/c22-23-21(26)18-10-5-6-13-24(18)14-7-15-25-16-8-1-3-11-19(16)27-20-12-4-2-9-17(20)25/h1-4,7-9,11-12,14,18H,5-6,10,13,15,22H2,(H,23,26). The smallest absolute Gasteiger partial charge is 0.256 e. The van der Waals surface area contributed by atoms with Crippen LogP contribution in [0.15, 0.2) is 70.6 Å². The summed E-state index contributed by atoms with van der Waals surface area (Å²) >= 11 is 1.81. The van der Waals surface area contributed by atoms with Crippen molar-refractivity contribution in [1.82, 2.24) is 10.3 Å². The number of nitrogens with zero attached hydrogens (tertiary/aromatic N) is 2. The fourth-order valence-electron chi connectivity index (χ4n) is 3.78. The number of hydrazine groups is 1. The third kappa shape index (κ3) is 3.68. The van der Waals surface area contributed by atoms with Crippen LogP contribution < -0.4 is 16.2 Å². The van der Waals surface area contributed by atoms with Crippen LogP contribution in [0.2, 0.25) is 0 Å². The number of rotatable bonds is 4. The van der Waals surface area contributed by atoms with E-state index in [0.29, 0.717) is 0 Å². The Kier molecular flexibility index (Phi) is 5.36. The first-order valence-electron chi connectivity index (χ1n) is 9.34. The molecule has 4 rings (SSSR count). The number of hydrogen-bond acceptors (Lipinski definition) is 5. The fourth-order valence-corrected chi connectivity index (χ4v) is 4.87. The van der Waals surface area contributed by atoms with Gasteiger partial charge in [0.05, 0.1) is 11.4 Å². The largest absolute Gasteiger partial charge is 0.366 e. The predicted molar refractivity (Wildman–Crippen MR) is 110 cm³/mol. The Balaban J connectivity index is 1.56. The number of piperidine rings is 1. The van der Waals surface area contributed by atoms with Gasteiger partial charge in [0.2, 0.25) is 0 Å². The van der Waals surface area contributed by atoms with Crippen LogP contribution in [0.4, 0.5) is 11.4 Å². The van der Waals surface area contributed by atoms with Crippen molar-refractivity contribution >= 4 is 29.0 Å². The van der Waals surface area contributed by atoms with Crippen molar-refractivity contribution in [2.75, 3.05) is 18.0 Å². The lowest BCUT2D eigenvalue weighted by atomic mass is 10.0. The van der Waals surface area contributed by atoms with Crippen LogP contribution in [0.5, 0.6) is 0 Å². The molecule has 0 spiro atoms. The number of anilines is 2. The van der Waals surface area contributed by atoms with E-state index in [1.165, 1.54) is 21.2 Å². The van der Waals surface area contributed by atoms with Gasteiger partial charge in [-0.05, 0) is 55.8 Å². The van der Waals surface area contributed by atoms with Crippen molar-refractivity contribution in [2.45, 2.75) is 35.1 Å². The molecule has 1 fully saturated rings. The van der Waals surface area contributed by atoms with Gasteiger partial charge in [-0.1, -0.05) is 36.0 Å². The topological polar surface area (TPSA) is 61.6 Å². The van der Waals surface area contributed by atoms with Crippen molar-refractivity contribution in [3.8, 4) is 0 Å². The Morgan fingerprint density at radius 1 is 1.11 bits per heavy atom. The van der Waals surface area contributed by atoms with Gasteiger partial charge in [0, 0.05) is 22.9 Å². The van der Waals surface area contributed by atoms with Gasteiger partial charge in [-0.25, -0.2) is 5.84 Å². The molecular weight excluding hydrogens is 356 g/mol. The molecule has 5 nitrogen and oxygen atoms in total. The highest BCUT2D eigenvalue weighted by Gasteiger charge is 2.26. The average molecular weight is 381 g/mol.